The number of anilines is 2. The molecule has 1 aliphatic heterocycles. The Labute approximate surface area is 164 Å². The molecule has 144 valence electrons. The summed E-state index contributed by atoms with van der Waals surface area (Å²) in [7, 11) is 1.59. The molecule has 1 fully saturated rings. The van der Waals surface area contributed by atoms with Crippen molar-refractivity contribution in [1.82, 2.24) is 15.3 Å². The predicted octanol–water partition coefficient (Wildman–Crippen LogP) is 3.14. The molecule has 1 aromatic carbocycles. The van der Waals surface area contributed by atoms with Crippen molar-refractivity contribution in [3.05, 3.63) is 41.7 Å². The summed E-state index contributed by atoms with van der Waals surface area (Å²) in [6.45, 7) is 2.68. The highest BCUT2D eigenvalue weighted by Gasteiger charge is 2.16. The first-order chi connectivity index (χ1) is 13.1. The van der Waals surface area contributed by atoms with Crippen molar-refractivity contribution >= 4 is 29.1 Å². The fourth-order valence-electron chi connectivity index (χ4n) is 2.97. The first-order valence-corrected chi connectivity index (χ1v) is 9.52. The van der Waals surface area contributed by atoms with Gasteiger partial charge in [-0.2, -0.15) is 9.97 Å². The van der Waals surface area contributed by atoms with Gasteiger partial charge in [-0.25, -0.2) is 4.39 Å². The number of nitrogens with zero attached hydrogens (tertiary/aromatic N) is 3. The lowest BCUT2D eigenvalue weighted by Crippen LogP contribution is -2.30. The summed E-state index contributed by atoms with van der Waals surface area (Å²) < 4.78 is 18.2. The smallest absolute Gasteiger partial charge is 0.234 e. The summed E-state index contributed by atoms with van der Waals surface area (Å²) in [6.07, 6.45) is 4.07. The van der Waals surface area contributed by atoms with E-state index in [-0.39, 0.29) is 5.82 Å². The number of nitrogens with one attached hydrogen (secondary N) is 2. The molecular weight excluding hydrogens is 365 g/mol. The van der Waals surface area contributed by atoms with E-state index in [9.17, 15) is 4.39 Å². The van der Waals surface area contributed by atoms with Crippen molar-refractivity contribution in [2.75, 3.05) is 37.0 Å². The molecule has 0 aliphatic carbocycles. The summed E-state index contributed by atoms with van der Waals surface area (Å²) in [5.74, 6) is 1.57. The van der Waals surface area contributed by atoms with Crippen LogP contribution in [0.3, 0.4) is 0 Å². The zero-order valence-corrected chi connectivity index (χ0v) is 16.2. The van der Waals surface area contributed by atoms with Crippen molar-refractivity contribution in [2.45, 2.75) is 25.7 Å². The van der Waals surface area contributed by atoms with Crippen LogP contribution in [0.4, 0.5) is 16.2 Å². The maximum absolute atomic E-state index is 12.9. The Hall–Kier alpha value is -2.48. The fourth-order valence-corrected chi connectivity index (χ4v) is 3.17. The molecule has 2 N–H and O–H groups in total. The first-order valence-electron chi connectivity index (χ1n) is 9.11. The van der Waals surface area contributed by atoms with Gasteiger partial charge in [0, 0.05) is 25.7 Å². The van der Waals surface area contributed by atoms with Gasteiger partial charge in [0.05, 0.1) is 7.11 Å². The number of halogens is 1. The van der Waals surface area contributed by atoms with E-state index in [1.54, 1.807) is 19.2 Å². The third kappa shape index (κ3) is 5.75. The van der Waals surface area contributed by atoms with Crippen LogP contribution >= 0.6 is 12.2 Å². The highest BCUT2D eigenvalue weighted by molar-refractivity contribution is 7.80. The zero-order chi connectivity index (χ0) is 19.1. The van der Waals surface area contributed by atoms with Gasteiger partial charge in [-0.15, -0.1) is 0 Å². The van der Waals surface area contributed by atoms with Crippen LogP contribution < -0.4 is 20.3 Å². The number of methoxy groups -OCH3 is 1. The molecule has 0 bridgehead atoms. The van der Waals surface area contributed by atoms with Gasteiger partial charge < -0.3 is 20.3 Å². The molecule has 0 atom stereocenters. The van der Waals surface area contributed by atoms with E-state index in [0.29, 0.717) is 23.5 Å². The third-order valence-electron chi connectivity index (χ3n) is 4.39. The summed E-state index contributed by atoms with van der Waals surface area (Å²) in [5, 5.41) is 6.65. The number of rotatable bonds is 7. The molecule has 3 rings (SSSR count). The summed E-state index contributed by atoms with van der Waals surface area (Å²) >= 11 is 5.33. The third-order valence-corrected chi connectivity index (χ3v) is 4.64. The Morgan fingerprint density at radius 1 is 1.22 bits per heavy atom. The van der Waals surface area contributed by atoms with E-state index >= 15 is 0 Å². The number of thiocarbonyl (C=S) groups is 1. The van der Waals surface area contributed by atoms with E-state index in [0.717, 1.165) is 37.3 Å². The van der Waals surface area contributed by atoms with E-state index in [4.69, 9.17) is 17.0 Å². The van der Waals surface area contributed by atoms with Crippen LogP contribution in [0, 0.1) is 5.82 Å². The average Bonchev–Trinajstić information content (AvgIpc) is 3.21. The van der Waals surface area contributed by atoms with E-state index in [2.05, 4.69) is 25.5 Å². The first kappa shape index (κ1) is 19.3. The zero-order valence-electron chi connectivity index (χ0n) is 15.4. The molecular formula is C19H24FN5OS. The lowest BCUT2D eigenvalue weighted by Gasteiger charge is -2.18. The Bertz CT molecular complexity index is 765. The van der Waals surface area contributed by atoms with Crippen LogP contribution in [0.25, 0.3) is 0 Å². The van der Waals surface area contributed by atoms with Crippen molar-refractivity contribution in [1.29, 1.82) is 0 Å². The second-order valence-electron chi connectivity index (χ2n) is 6.40. The minimum Gasteiger partial charge on any atom is -0.481 e. The monoisotopic (exact) mass is 389 g/mol. The van der Waals surface area contributed by atoms with Crippen molar-refractivity contribution in [3.8, 4) is 5.88 Å². The van der Waals surface area contributed by atoms with Crippen molar-refractivity contribution in [3.63, 3.8) is 0 Å². The SMILES string of the molecule is COc1cc(N2CCCC2)nc(NC(=S)NCCCc2ccc(F)cc2)n1. The maximum Gasteiger partial charge on any atom is 0.234 e. The number of ether oxygens (including phenoxy) is 1. The Morgan fingerprint density at radius 3 is 2.67 bits per heavy atom. The summed E-state index contributed by atoms with van der Waals surface area (Å²) in [6, 6.07) is 8.40. The van der Waals surface area contributed by atoms with Crippen molar-refractivity contribution in [2.24, 2.45) is 0 Å². The predicted molar refractivity (Wildman–Crippen MR) is 109 cm³/mol. The number of aryl methyl sites for hydroxylation is 1. The van der Waals surface area contributed by atoms with E-state index in [1.165, 1.54) is 25.0 Å². The molecule has 1 saturated heterocycles. The highest BCUT2D eigenvalue weighted by atomic mass is 32.1. The van der Waals surface area contributed by atoms with Crippen LogP contribution in [0.2, 0.25) is 0 Å². The molecule has 2 heterocycles. The quantitative estimate of drug-likeness (QED) is 0.557. The van der Waals surface area contributed by atoms with Gasteiger partial charge >= 0.3 is 0 Å². The van der Waals surface area contributed by atoms with Gasteiger partial charge in [0.2, 0.25) is 11.8 Å². The van der Waals surface area contributed by atoms with Gasteiger partial charge in [0.1, 0.15) is 11.6 Å². The van der Waals surface area contributed by atoms with Crippen LogP contribution in [-0.4, -0.2) is 41.8 Å². The molecule has 27 heavy (non-hydrogen) atoms. The van der Waals surface area contributed by atoms with E-state index < -0.39 is 0 Å². The van der Waals surface area contributed by atoms with Gasteiger partial charge in [-0.1, -0.05) is 12.1 Å². The minimum absolute atomic E-state index is 0.214. The molecule has 1 aliphatic rings. The lowest BCUT2D eigenvalue weighted by atomic mass is 10.1. The van der Waals surface area contributed by atoms with Crippen LogP contribution in [0.15, 0.2) is 30.3 Å². The van der Waals surface area contributed by atoms with Crippen LogP contribution in [0.1, 0.15) is 24.8 Å². The molecule has 2 aromatic rings. The number of benzene rings is 1. The van der Waals surface area contributed by atoms with Crippen LogP contribution in [-0.2, 0) is 6.42 Å². The lowest BCUT2D eigenvalue weighted by molar-refractivity contribution is 0.397. The largest absolute Gasteiger partial charge is 0.481 e. The molecule has 0 radical (unpaired) electrons. The average molecular weight is 390 g/mol. The molecule has 1 aromatic heterocycles. The van der Waals surface area contributed by atoms with Gasteiger partial charge in [0.15, 0.2) is 5.11 Å². The summed E-state index contributed by atoms with van der Waals surface area (Å²) in [4.78, 5) is 11.1. The molecule has 0 unspecified atom stereocenters. The molecule has 0 saturated carbocycles. The minimum atomic E-state index is -0.214. The van der Waals surface area contributed by atoms with Crippen molar-refractivity contribution < 1.29 is 9.13 Å². The molecule has 8 heteroatoms. The van der Waals surface area contributed by atoms with E-state index in [1.807, 2.05) is 6.07 Å². The van der Waals surface area contributed by atoms with Gasteiger partial charge in [-0.3, -0.25) is 0 Å². The standard InChI is InChI=1S/C19H24FN5OS/c1-26-17-13-16(25-11-2-3-12-25)22-18(23-17)24-19(27)21-10-4-5-14-6-8-15(20)9-7-14/h6-9,13H,2-5,10-12H2,1H3,(H2,21,22,23,24,27). The van der Waals surface area contributed by atoms with Crippen LogP contribution in [0.5, 0.6) is 5.88 Å². The normalized spacial score (nSPS) is 13.5. The summed E-state index contributed by atoms with van der Waals surface area (Å²) in [5.41, 5.74) is 1.10. The highest BCUT2D eigenvalue weighted by Crippen LogP contribution is 2.23. The topological polar surface area (TPSA) is 62.3 Å². The fraction of sp³-hybridized carbons (Fsp3) is 0.421. The molecule has 0 spiro atoms. The number of hydrogen-bond acceptors (Lipinski definition) is 5. The Balaban J connectivity index is 1.49. The second kappa shape index (κ2) is 9.45. The van der Waals surface area contributed by atoms with Gasteiger partial charge in [0.25, 0.3) is 0 Å². The number of aromatic nitrogens is 2. The maximum atomic E-state index is 12.9. The molecule has 0 amide bonds. The van der Waals surface area contributed by atoms with Gasteiger partial charge in [-0.05, 0) is 55.6 Å². The Morgan fingerprint density at radius 2 is 1.96 bits per heavy atom. The Kier molecular flexibility index (Phi) is 6.75. The molecule has 6 nitrogen and oxygen atoms in total. The second-order valence-corrected chi connectivity index (χ2v) is 6.81. The number of hydrogen-bond donors (Lipinski definition) is 2.